The number of urea groups is 1. The Kier molecular flexibility index (Phi) is 3.86. The first kappa shape index (κ1) is 13.8. The van der Waals surface area contributed by atoms with Gasteiger partial charge in [-0.3, -0.25) is 0 Å². The van der Waals surface area contributed by atoms with Crippen LogP contribution >= 0.6 is 11.6 Å². The lowest BCUT2D eigenvalue weighted by Gasteiger charge is -2.09. The number of hydrogen-bond acceptors (Lipinski definition) is 4. The van der Waals surface area contributed by atoms with E-state index in [0.29, 0.717) is 16.4 Å². The van der Waals surface area contributed by atoms with Crippen molar-refractivity contribution in [3.63, 3.8) is 0 Å². The number of phenols is 2. The Morgan fingerprint density at radius 1 is 1.00 bits per heavy atom. The highest BCUT2D eigenvalue weighted by Crippen LogP contribution is 2.25. The van der Waals surface area contributed by atoms with Gasteiger partial charge in [-0.15, -0.1) is 0 Å². The summed E-state index contributed by atoms with van der Waals surface area (Å²) in [6, 6.07) is 7.89. The molecule has 0 fully saturated rings. The van der Waals surface area contributed by atoms with Gasteiger partial charge < -0.3 is 26.6 Å². The maximum absolute atomic E-state index is 11.7. The highest BCUT2D eigenvalue weighted by molar-refractivity contribution is 6.33. The Hall–Kier alpha value is -2.60. The number of amides is 2. The number of rotatable bonds is 2. The molecule has 0 aliphatic rings. The van der Waals surface area contributed by atoms with Crippen LogP contribution in [0.15, 0.2) is 36.4 Å². The number of carbonyl (C=O) groups is 1. The van der Waals surface area contributed by atoms with Gasteiger partial charge in [0.05, 0.1) is 10.7 Å². The van der Waals surface area contributed by atoms with Gasteiger partial charge in [-0.2, -0.15) is 0 Å². The zero-order valence-corrected chi connectivity index (χ0v) is 11.0. The molecule has 0 aliphatic carbocycles. The summed E-state index contributed by atoms with van der Waals surface area (Å²) in [6.07, 6.45) is 0. The maximum atomic E-state index is 11.7. The molecule has 0 spiro atoms. The van der Waals surface area contributed by atoms with Crippen LogP contribution in [0.2, 0.25) is 5.02 Å². The van der Waals surface area contributed by atoms with Gasteiger partial charge >= 0.3 is 6.03 Å². The highest BCUT2D eigenvalue weighted by atomic mass is 35.5. The predicted octanol–water partition coefficient (Wildman–Crippen LogP) is 2.98. The molecule has 2 aromatic rings. The average molecular weight is 294 g/mol. The molecule has 0 atom stereocenters. The summed E-state index contributed by atoms with van der Waals surface area (Å²) in [5.74, 6) is -0.313. The van der Waals surface area contributed by atoms with Gasteiger partial charge in [0, 0.05) is 29.6 Å². The lowest BCUT2D eigenvalue weighted by atomic mass is 10.2. The Morgan fingerprint density at radius 3 is 2.20 bits per heavy atom. The molecule has 0 unspecified atom stereocenters. The minimum Gasteiger partial charge on any atom is -0.508 e. The number of aromatic hydroxyl groups is 2. The third kappa shape index (κ3) is 3.46. The molecule has 0 heterocycles. The summed E-state index contributed by atoms with van der Waals surface area (Å²) >= 11 is 5.84. The van der Waals surface area contributed by atoms with Gasteiger partial charge in [0.2, 0.25) is 0 Å². The number of anilines is 3. The molecular weight excluding hydrogens is 282 g/mol. The first-order chi connectivity index (χ1) is 9.44. The van der Waals surface area contributed by atoms with E-state index in [0.717, 1.165) is 6.07 Å². The number of hydrogen-bond donors (Lipinski definition) is 5. The van der Waals surface area contributed by atoms with Gasteiger partial charge in [0.15, 0.2) is 0 Å². The molecule has 0 aromatic heterocycles. The zero-order valence-electron chi connectivity index (χ0n) is 10.2. The summed E-state index contributed by atoms with van der Waals surface area (Å²) in [7, 11) is 0. The van der Waals surface area contributed by atoms with E-state index in [1.165, 1.54) is 18.2 Å². The van der Waals surface area contributed by atoms with Crippen LogP contribution in [0, 0.1) is 0 Å². The van der Waals surface area contributed by atoms with E-state index in [4.69, 9.17) is 17.3 Å². The smallest absolute Gasteiger partial charge is 0.323 e. The molecule has 104 valence electrons. The Morgan fingerprint density at radius 2 is 1.60 bits per heavy atom. The Balaban J connectivity index is 2.06. The van der Waals surface area contributed by atoms with Crippen LogP contribution < -0.4 is 16.4 Å². The lowest BCUT2D eigenvalue weighted by Crippen LogP contribution is -2.19. The van der Waals surface area contributed by atoms with Crippen LogP contribution in [0.1, 0.15) is 0 Å². The fourth-order valence-corrected chi connectivity index (χ4v) is 1.75. The van der Waals surface area contributed by atoms with Gasteiger partial charge in [-0.25, -0.2) is 4.79 Å². The van der Waals surface area contributed by atoms with E-state index in [2.05, 4.69) is 10.6 Å². The second kappa shape index (κ2) is 5.58. The molecule has 2 amide bonds. The quantitative estimate of drug-likeness (QED) is 0.549. The van der Waals surface area contributed by atoms with Crippen molar-refractivity contribution >= 4 is 34.7 Å². The third-order valence-corrected chi connectivity index (χ3v) is 2.75. The maximum Gasteiger partial charge on any atom is 0.323 e. The number of carbonyl (C=O) groups excluding carboxylic acids is 1. The number of nitrogens with two attached hydrogens (primary N) is 1. The molecule has 20 heavy (non-hydrogen) atoms. The summed E-state index contributed by atoms with van der Waals surface area (Å²) in [4.78, 5) is 11.7. The number of halogens is 1. The van der Waals surface area contributed by atoms with Gasteiger partial charge in [-0.1, -0.05) is 11.6 Å². The van der Waals surface area contributed by atoms with E-state index in [1.807, 2.05) is 0 Å². The molecule has 6 nitrogen and oxygen atoms in total. The topological polar surface area (TPSA) is 108 Å². The number of phenolic OH excluding ortho intramolecular Hbond substituents is 2. The second-order valence-electron chi connectivity index (χ2n) is 4.05. The molecule has 0 saturated heterocycles. The van der Waals surface area contributed by atoms with Gasteiger partial charge in [-0.05, 0) is 18.2 Å². The largest absolute Gasteiger partial charge is 0.508 e. The van der Waals surface area contributed by atoms with Gasteiger partial charge in [0.1, 0.15) is 11.5 Å². The molecule has 2 aromatic carbocycles. The standard InChI is InChI=1S/C13H12ClN3O3/c14-11-5-7(1-2-12(11)15)16-13(20)17-8-3-9(18)6-10(19)4-8/h1-6,18-19H,15H2,(H2,16,17,20). The van der Waals surface area contributed by atoms with Crippen molar-refractivity contribution in [2.75, 3.05) is 16.4 Å². The molecule has 0 saturated carbocycles. The van der Waals surface area contributed by atoms with E-state index in [9.17, 15) is 15.0 Å². The van der Waals surface area contributed by atoms with Crippen LogP contribution in [0.25, 0.3) is 0 Å². The predicted molar refractivity (Wildman–Crippen MR) is 78.3 cm³/mol. The van der Waals surface area contributed by atoms with Crippen molar-refractivity contribution in [1.82, 2.24) is 0 Å². The summed E-state index contributed by atoms with van der Waals surface area (Å²) < 4.78 is 0. The van der Waals surface area contributed by atoms with Crippen LogP contribution in [0.5, 0.6) is 11.5 Å². The molecular formula is C13H12ClN3O3. The van der Waals surface area contributed by atoms with Crippen LogP contribution in [0.3, 0.4) is 0 Å². The minimum absolute atomic E-state index is 0.157. The van der Waals surface area contributed by atoms with Crippen molar-refractivity contribution in [3.8, 4) is 11.5 Å². The SMILES string of the molecule is Nc1ccc(NC(=O)Nc2cc(O)cc(O)c2)cc1Cl. The fraction of sp³-hybridized carbons (Fsp3) is 0. The lowest BCUT2D eigenvalue weighted by molar-refractivity contribution is 0.262. The van der Waals surface area contributed by atoms with E-state index in [1.54, 1.807) is 12.1 Å². The van der Waals surface area contributed by atoms with Crippen molar-refractivity contribution in [3.05, 3.63) is 41.4 Å². The molecule has 2 rings (SSSR count). The first-order valence-electron chi connectivity index (χ1n) is 5.60. The zero-order chi connectivity index (χ0) is 14.7. The second-order valence-corrected chi connectivity index (χ2v) is 4.46. The molecule has 7 heteroatoms. The van der Waals surface area contributed by atoms with Crippen molar-refractivity contribution in [2.45, 2.75) is 0 Å². The van der Waals surface area contributed by atoms with E-state index in [-0.39, 0.29) is 17.2 Å². The first-order valence-corrected chi connectivity index (χ1v) is 5.98. The Bertz CT molecular complexity index is 641. The third-order valence-electron chi connectivity index (χ3n) is 2.42. The van der Waals surface area contributed by atoms with Gasteiger partial charge in [0.25, 0.3) is 0 Å². The Labute approximate surface area is 119 Å². The van der Waals surface area contributed by atoms with E-state index >= 15 is 0 Å². The summed E-state index contributed by atoms with van der Waals surface area (Å²) in [6.45, 7) is 0. The monoisotopic (exact) mass is 293 g/mol. The highest BCUT2D eigenvalue weighted by Gasteiger charge is 2.06. The number of nitrogens with one attached hydrogen (secondary N) is 2. The molecule has 6 N–H and O–H groups in total. The molecule has 0 aliphatic heterocycles. The van der Waals surface area contributed by atoms with E-state index < -0.39 is 6.03 Å². The summed E-state index contributed by atoms with van der Waals surface area (Å²) in [5, 5.41) is 23.9. The van der Waals surface area contributed by atoms with Crippen molar-refractivity contribution in [1.29, 1.82) is 0 Å². The minimum atomic E-state index is -0.546. The average Bonchev–Trinajstić information content (AvgIpc) is 2.32. The van der Waals surface area contributed by atoms with Crippen molar-refractivity contribution in [2.24, 2.45) is 0 Å². The number of benzene rings is 2. The fourth-order valence-electron chi connectivity index (χ4n) is 1.57. The van der Waals surface area contributed by atoms with Crippen LogP contribution in [-0.4, -0.2) is 16.2 Å². The van der Waals surface area contributed by atoms with Crippen molar-refractivity contribution < 1.29 is 15.0 Å². The molecule has 0 radical (unpaired) electrons. The normalized spacial score (nSPS) is 10.1. The van der Waals surface area contributed by atoms with Crippen LogP contribution in [-0.2, 0) is 0 Å². The summed E-state index contributed by atoms with van der Waals surface area (Å²) in [5.41, 5.74) is 6.69. The van der Waals surface area contributed by atoms with Crippen LogP contribution in [0.4, 0.5) is 21.9 Å². The molecule has 0 bridgehead atoms. The number of nitrogen functional groups attached to an aromatic ring is 1.